The molecule has 1 saturated heterocycles. The fourth-order valence-electron chi connectivity index (χ4n) is 2.95. The van der Waals surface area contributed by atoms with Gasteiger partial charge in [-0.2, -0.15) is 13.2 Å². The molecule has 3 rings (SSSR count). The summed E-state index contributed by atoms with van der Waals surface area (Å²) in [6.07, 6.45) is 0.887. The Bertz CT molecular complexity index is 1040. The Hall–Kier alpha value is -2.66. The fraction of sp³-hybridized carbons (Fsp3) is 0.316. The van der Waals surface area contributed by atoms with Crippen LogP contribution in [-0.2, 0) is 25.9 Å². The Morgan fingerprint density at radius 1 is 1.17 bits per heavy atom. The predicted molar refractivity (Wildman–Crippen MR) is 101 cm³/mol. The molecule has 0 aliphatic carbocycles. The van der Waals surface area contributed by atoms with Crippen LogP contribution < -0.4 is 10.6 Å². The van der Waals surface area contributed by atoms with Crippen LogP contribution in [-0.4, -0.2) is 32.5 Å². The Balaban J connectivity index is 1.75. The quantitative estimate of drug-likeness (QED) is 0.659. The Labute approximate surface area is 170 Å². The van der Waals surface area contributed by atoms with E-state index in [9.17, 15) is 30.8 Å². The van der Waals surface area contributed by atoms with Crippen LogP contribution in [0.2, 0.25) is 0 Å². The smallest absolute Gasteiger partial charge is 0.380 e. The van der Waals surface area contributed by atoms with Gasteiger partial charge < -0.3 is 15.4 Å². The van der Waals surface area contributed by atoms with Crippen LogP contribution >= 0.6 is 0 Å². The third-order valence-corrected chi connectivity index (χ3v) is 5.96. The predicted octanol–water partition coefficient (Wildman–Crippen LogP) is 3.85. The Morgan fingerprint density at radius 3 is 2.60 bits per heavy atom. The summed E-state index contributed by atoms with van der Waals surface area (Å²) in [6.45, 7) is 0.457. The summed E-state index contributed by atoms with van der Waals surface area (Å²) in [7, 11) is -5.74. The summed E-state index contributed by atoms with van der Waals surface area (Å²) < 4.78 is 80.9. The van der Waals surface area contributed by atoms with Crippen LogP contribution in [0.15, 0.2) is 47.4 Å². The van der Waals surface area contributed by atoms with Gasteiger partial charge in [-0.1, -0.05) is 12.1 Å². The summed E-state index contributed by atoms with van der Waals surface area (Å²) in [5.41, 5.74) is -4.94. The number of ether oxygens (including phenoxy) is 1. The van der Waals surface area contributed by atoms with Crippen LogP contribution in [0.3, 0.4) is 0 Å². The average molecular weight is 446 g/mol. The van der Waals surface area contributed by atoms with Crippen molar-refractivity contribution in [3.05, 3.63) is 53.8 Å². The lowest BCUT2D eigenvalue weighted by atomic mass is 10.1. The molecule has 6 nitrogen and oxygen atoms in total. The van der Waals surface area contributed by atoms with Gasteiger partial charge >= 0.3 is 5.51 Å². The van der Waals surface area contributed by atoms with E-state index in [2.05, 4.69) is 10.6 Å². The molecule has 2 aromatic carbocycles. The number of nitrogens with one attached hydrogen (secondary N) is 2. The summed E-state index contributed by atoms with van der Waals surface area (Å²) >= 11 is 0. The number of benzene rings is 2. The van der Waals surface area contributed by atoms with Crippen molar-refractivity contribution in [1.29, 1.82) is 0 Å². The number of carbonyl (C=O) groups excluding carboxylic acids is 1. The van der Waals surface area contributed by atoms with E-state index in [0.29, 0.717) is 30.3 Å². The molecular weight excluding hydrogens is 428 g/mol. The standard InChI is InChI=1S/C19H18F4N2O4S/c20-13-6-7-15(17(10-13)30(27,28)19(21,22)23)24-11-12-3-1-4-14(9-12)25-18(26)16-5-2-8-29-16/h1,3-4,6-7,9-10,16,24H,2,5,8,11H2,(H,25,26). The Kier molecular flexibility index (Phi) is 6.32. The van der Waals surface area contributed by atoms with E-state index in [-0.39, 0.29) is 18.1 Å². The molecule has 1 atom stereocenters. The highest BCUT2D eigenvalue weighted by Crippen LogP contribution is 2.35. The number of amides is 1. The number of anilines is 2. The number of rotatable bonds is 6. The zero-order valence-corrected chi connectivity index (χ0v) is 16.3. The van der Waals surface area contributed by atoms with Gasteiger partial charge in [0, 0.05) is 18.8 Å². The number of hydrogen-bond donors (Lipinski definition) is 2. The van der Waals surface area contributed by atoms with Crippen LogP contribution in [0.4, 0.5) is 28.9 Å². The van der Waals surface area contributed by atoms with Crippen molar-refractivity contribution in [2.45, 2.75) is 35.9 Å². The first-order valence-electron chi connectivity index (χ1n) is 8.94. The molecule has 1 fully saturated rings. The second-order valence-corrected chi connectivity index (χ2v) is 8.54. The topological polar surface area (TPSA) is 84.5 Å². The maximum atomic E-state index is 13.4. The molecule has 0 radical (unpaired) electrons. The fourth-order valence-corrected chi connectivity index (χ4v) is 3.90. The first-order chi connectivity index (χ1) is 14.1. The number of halogens is 4. The number of sulfone groups is 1. The Morgan fingerprint density at radius 2 is 1.93 bits per heavy atom. The molecule has 162 valence electrons. The minimum atomic E-state index is -5.74. The highest BCUT2D eigenvalue weighted by atomic mass is 32.2. The van der Waals surface area contributed by atoms with Gasteiger partial charge in [0.1, 0.15) is 16.8 Å². The zero-order valence-electron chi connectivity index (χ0n) is 15.5. The summed E-state index contributed by atoms with van der Waals surface area (Å²) in [5, 5.41) is 5.29. The van der Waals surface area contributed by atoms with Gasteiger partial charge in [0.15, 0.2) is 0 Å². The molecule has 2 aromatic rings. The van der Waals surface area contributed by atoms with E-state index in [1.165, 1.54) is 0 Å². The molecule has 0 spiro atoms. The van der Waals surface area contributed by atoms with E-state index in [1.54, 1.807) is 24.3 Å². The molecule has 1 aliphatic rings. The van der Waals surface area contributed by atoms with Crippen LogP contribution in [0.1, 0.15) is 18.4 Å². The highest BCUT2D eigenvalue weighted by molar-refractivity contribution is 7.92. The lowest BCUT2D eigenvalue weighted by molar-refractivity contribution is -0.124. The van der Waals surface area contributed by atoms with E-state index in [0.717, 1.165) is 18.6 Å². The average Bonchev–Trinajstić information content (AvgIpc) is 3.21. The van der Waals surface area contributed by atoms with Gasteiger partial charge in [-0.25, -0.2) is 12.8 Å². The van der Waals surface area contributed by atoms with Crippen molar-refractivity contribution in [2.75, 3.05) is 17.2 Å². The highest BCUT2D eigenvalue weighted by Gasteiger charge is 2.48. The second kappa shape index (κ2) is 8.60. The third-order valence-electron chi connectivity index (χ3n) is 4.44. The van der Waals surface area contributed by atoms with Crippen molar-refractivity contribution < 1.29 is 35.5 Å². The normalized spacial score (nSPS) is 17.0. The molecular formula is C19H18F4N2O4S. The first kappa shape index (κ1) is 22.0. The van der Waals surface area contributed by atoms with Gasteiger partial charge in [0.2, 0.25) is 0 Å². The molecule has 0 bridgehead atoms. The van der Waals surface area contributed by atoms with Gasteiger partial charge in [-0.15, -0.1) is 0 Å². The molecule has 1 amide bonds. The minimum absolute atomic E-state index is 0.0599. The van der Waals surface area contributed by atoms with Crippen molar-refractivity contribution >= 4 is 27.1 Å². The first-order valence-corrected chi connectivity index (χ1v) is 10.4. The molecule has 1 heterocycles. The lowest BCUT2D eigenvalue weighted by Crippen LogP contribution is -2.26. The minimum Gasteiger partial charge on any atom is -0.380 e. The zero-order chi connectivity index (χ0) is 21.9. The summed E-state index contributed by atoms with van der Waals surface area (Å²) in [4.78, 5) is 10.9. The van der Waals surface area contributed by atoms with E-state index in [4.69, 9.17) is 4.74 Å². The maximum absolute atomic E-state index is 13.4. The summed E-state index contributed by atoms with van der Waals surface area (Å²) in [6, 6.07) is 8.59. The van der Waals surface area contributed by atoms with Crippen molar-refractivity contribution in [2.24, 2.45) is 0 Å². The summed E-state index contributed by atoms with van der Waals surface area (Å²) in [5.74, 6) is -1.41. The van der Waals surface area contributed by atoms with E-state index >= 15 is 0 Å². The maximum Gasteiger partial charge on any atom is 0.501 e. The SMILES string of the molecule is O=C(Nc1cccc(CNc2ccc(F)cc2S(=O)(=O)C(F)(F)F)c1)C1CCCO1. The van der Waals surface area contributed by atoms with Crippen molar-refractivity contribution in [1.82, 2.24) is 0 Å². The van der Waals surface area contributed by atoms with Crippen molar-refractivity contribution in [3.63, 3.8) is 0 Å². The molecule has 11 heteroatoms. The molecule has 1 unspecified atom stereocenters. The second-order valence-electron chi connectivity index (χ2n) is 6.63. The molecule has 1 aliphatic heterocycles. The molecule has 30 heavy (non-hydrogen) atoms. The number of hydrogen-bond acceptors (Lipinski definition) is 5. The molecule has 0 aromatic heterocycles. The van der Waals surface area contributed by atoms with Gasteiger partial charge in [0.05, 0.1) is 5.69 Å². The molecule has 0 saturated carbocycles. The van der Waals surface area contributed by atoms with Gasteiger partial charge in [-0.05, 0) is 48.7 Å². The van der Waals surface area contributed by atoms with Gasteiger partial charge in [-0.3, -0.25) is 4.79 Å². The molecule has 2 N–H and O–H groups in total. The van der Waals surface area contributed by atoms with Crippen LogP contribution in [0.25, 0.3) is 0 Å². The third kappa shape index (κ3) is 4.90. The van der Waals surface area contributed by atoms with E-state index < -0.39 is 32.2 Å². The largest absolute Gasteiger partial charge is 0.501 e. The van der Waals surface area contributed by atoms with Gasteiger partial charge in [0.25, 0.3) is 15.7 Å². The van der Waals surface area contributed by atoms with Crippen LogP contribution in [0.5, 0.6) is 0 Å². The van der Waals surface area contributed by atoms with E-state index in [1.807, 2.05) is 0 Å². The lowest BCUT2D eigenvalue weighted by Gasteiger charge is -2.15. The van der Waals surface area contributed by atoms with Crippen molar-refractivity contribution in [3.8, 4) is 0 Å². The monoisotopic (exact) mass is 446 g/mol. The number of carbonyl (C=O) groups is 1. The number of alkyl halides is 3. The van der Waals surface area contributed by atoms with Crippen LogP contribution in [0, 0.1) is 5.82 Å².